The van der Waals surface area contributed by atoms with Crippen LogP contribution in [0.3, 0.4) is 0 Å². The van der Waals surface area contributed by atoms with Gasteiger partial charge in [-0.05, 0) is 110 Å². The molecule has 0 bridgehead atoms. The third-order valence-electron chi connectivity index (χ3n) is 18.4. The molecule has 4 heterocycles. The Morgan fingerprint density at radius 2 is 1.16 bits per heavy atom. The predicted molar refractivity (Wildman–Crippen MR) is 290 cm³/mol. The van der Waals surface area contributed by atoms with Crippen LogP contribution in [-0.2, 0) is 16.2 Å². The fraction of sp³-hybridized carbons (Fsp3) is 0.242. The summed E-state index contributed by atoms with van der Waals surface area (Å²) in [5.74, 6) is 0.336. The van der Waals surface area contributed by atoms with Crippen molar-refractivity contribution in [2.24, 2.45) is 0 Å². The second-order valence-electron chi connectivity index (χ2n) is 22.7. The number of anilines is 2. The molecule has 8 aromatic carbocycles. The third-order valence-corrected chi connectivity index (χ3v) is 18.4. The maximum absolute atomic E-state index is 2.93. The second-order valence-corrected chi connectivity index (χ2v) is 22.7. The molecule has 69 heavy (non-hydrogen) atoms. The first-order valence-corrected chi connectivity index (χ1v) is 25.7. The first-order valence-electron chi connectivity index (χ1n) is 25.7. The van der Waals surface area contributed by atoms with Crippen molar-refractivity contribution in [1.82, 2.24) is 4.57 Å². The smallest absolute Gasteiger partial charge is 0.252 e. The monoisotopic (exact) mass is 890 g/mol. The van der Waals surface area contributed by atoms with Crippen molar-refractivity contribution >= 4 is 45.4 Å². The van der Waals surface area contributed by atoms with E-state index in [1.54, 1.807) is 5.56 Å². The van der Waals surface area contributed by atoms with Gasteiger partial charge < -0.3 is 9.47 Å². The van der Waals surface area contributed by atoms with E-state index in [2.05, 4.69) is 239 Å². The van der Waals surface area contributed by atoms with Crippen molar-refractivity contribution in [2.75, 3.05) is 4.90 Å². The van der Waals surface area contributed by atoms with Crippen molar-refractivity contribution in [3.05, 3.63) is 238 Å². The fourth-order valence-corrected chi connectivity index (χ4v) is 15.0. The molecule has 5 aliphatic rings. The molecule has 1 fully saturated rings. The van der Waals surface area contributed by atoms with Crippen molar-refractivity contribution in [3.8, 4) is 16.9 Å². The Morgan fingerprint density at radius 1 is 0.565 bits per heavy atom. The molecule has 0 spiro atoms. The van der Waals surface area contributed by atoms with E-state index in [4.69, 9.17) is 0 Å². The average Bonchev–Trinajstić information content (AvgIpc) is 3.96. The number of benzene rings is 8. The molecule has 336 valence electrons. The lowest BCUT2D eigenvalue weighted by atomic mass is 9.33. The molecular weight excluding hydrogens is 832 g/mol. The van der Waals surface area contributed by atoms with Gasteiger partial charge in [-0.3, -0.25) is 0 Å². The number of hydrogen-bond donors (Lipinski definition) is 0. The minimum Gasteiger partial charge on any atom is -0.335 e. The highest BCUT2D eigenvalue weighted by atomic mass is 15.3. The van der Waals surface area contributed by atoms with Crippen LogP contribution in [0.15, 0.2) is 188 Å². The minimum absolute atomic E-state index is 0.0200. The second kappa shape index (κ2) is 14.4. The molecule has 0 saturated heterocycles. The van der Waals surface area contributed by atoms with Gasteiger partial charge in [-0.15, -0.1) is 0 Å². The first-order chi connectivity index (χ1) is 33.6. The molecule has 4 atom stereocenters. The molecule has 14 rings (SSSR count). The van der Waals surface area contributed by atoms with Gasteiger partial charge in [0.2, 0.25) is 0 Å². The van der Waals surface area contributed by atoms with Gasteiger partial charge in [0.15, 0.2) is 0 Å². The molecule has 2 nitrogen and oxygen atoms in total. The molecule has 0 radical (unpaired) electrons. The quantitative estimate of drug-likeness (QED) is 0.151. The SMILES string of the molecule is CC(c1ccccc1)C(c1ccccc1)c1cc2c3c(c1)-n1c4c(c5cc(C(C)(C)C)cc(c51)B3c1cccc3c1N2C1(C)CCCCC31C)C(c1ccccc1)(c1ccccc1)c1ccccc1-4. The summed E-state index contributed by atoms with van der Waals surface area (Å²) in [7, 11) is 0. The topological polar surface area (TPSA) is 8.17 Å². The van der Waals surface area contributed by atoms with E-state index in [0.717, 1.165) is 0 Å². The van der Waals surface area contributed by atoms with E-state index in [0.29, 0.717) is 0 Å². The molecule has 9 aromatic rings. The average molecular weight is 891 g/mol. The maximum Gasteiger partial charge on any atom is 0.252 e. The van der Waals surface area contributed by atoms with Crippen LogP contribution in [0.4, 0.5) is 11.4 Å². The van der Waals surface area contributed by atoms with Crippen LogP contribution in [0.5, 0.6) is 0 Å². The number of nitrogens with zero attached hydrogens (tertiary/aromatic N) is 2. The maximum atomic E-state index is 2.93. The van der Waals surface area contributed by atoms with E-state index in [-0.39, 0.29) is 34.9 Å². The van der Waals surface area contributed by atoms with Gasteiger partial charge in [-0.1, -0.05) is 217 Å². The van der Waals surface area contributed by atoms with E-state index >= 15 is 0 Å². The third kappa shape index (κ3) is 5.24. The van der Waals surface area contributed by atoms with Gasteiger partial charge in [0.1, 0.15) is 0 Å². The Hall–Kier alpha value is -6.84. The van der Waals surface area contributed by atoms with Crippen LogP contribution in [0.1, 0.15) is 129 Å². The molecule has 3 heteroatoms. The largest absolute Gasteiger partial charge is 0.335 e. The Balaban J connectivity index is 1.19. The molecule has 4 unspecified atom stereocenters. The van der Waals surface area contributed by atoms with Gasteiger partial charge in [0, 0.05) is 50.4 Å². The number of rotatable bonds is 6. The summed E-state index contributed by atoms with van der Waals surface area (Å²) in [6.07, 6.45) is 4.89. The summed E-state index contributed by atoms with van der Waals surface area (Å²) in [6.45, 7) is 15.0. The zero-order chi connectivity index (χ0) is 46.6. The van der Waals surface area contributed by atoms with Crippen LogP contribution in [0.2, 0.25) is 0 Å². The Morgan fingerprint density at radius 3 is 1.84 bits per heavy atom. The number of aromatic nitrogens is 1. The van der Waals surface area contributed by atoms with Gasteiger partial charge in [-0.25, -0.2) is 0 Å². The molecule has 0 N–H and O–H groups in total. The van der Waals surface area contributed by atoms with Crippen LogP contribution >= 0.6 is 0 Å². The van der Waals surface area contributed by atoms with Gasteiger partial charge in [-0.2, -0.15) is 0 Å². The summed E-state index contributed by atoms with van der Waals surface area (Å²) >= 11 is 0. The highest BCUT2D eigenvalue weighted by molar-refractivity contribution is 7.00. The lowest BCUT2D eigenvalue weighted by Crippen LogP contribution is -2.64. The zero-order valence-corrected chi connectivity index (χ0v) is 40.9. The van der Waals surface area contributed by atoms with Crippen LogP contribution in [0, 0.1) is 0 Å². The van der Waals surface area contributed by atoms with E-state index < -0.39 is 5.41 Å². The standard InChI is InChI=1S/C66H59BN2/c1-42(43-24-11-7-12-25-43)57(44-26-13-8-14-27-44)45-38-55-59-56(39-45)69-62-52(64(5)36-21-22-37-65(64,69)6)34-23-35-53(62)67(59)54-41-48(63(2,3)4)40-50-58-61(68(55)60(50)54)49-32-19-20-33-51(49)66(58,46-28-15-9-16-29-46)47-30-17-10-18-31-47/h7-20,23-35,38-42,57H,21-22,36-37H2,1-6H3. The number of fused-ring (bicyclic) bond motifs is 12. The molecule has 0 amide bonds. The van der Waals surface area contributed by atoms with Crippen LogP contribution in [-0.4, -0.2) is 16.8 Å². The number of hydrogen-bond acceptors (Lipinski definition) is 1. The van der Waals surface area contributed by atoms with Gasteiger partial charge in [0.25, 0.3) is 6.71 Å². The van der Waals surface area contributed by atoms with E-state index in [1.165, 1.54) is 126 Å². The normalized spacial score (nSPS) is 20.7. The fourth-order valence-electron chi connectivity index (χ4n) is 15.0. The Labute approximate surface area is 408 Å². The Bertz CT molecular complexity index is 3510. The summed E-state index contributed by atoms with van der Waals surface area (Å²) in [4.78, 5) is 2.93. The van der Waals surface area contributed by atoms with Crippen molar-refractivity contribution < 1.29 is 0 Å². The predicted octanol–water partition coefficient (Wildman–Crippen LogP) is 14.1. The Kier molecular flexibility index (Phi) is 8.57. The summed E-state index contributed by atoms with van der Waals surface area (Å²) in [6, 6.07) is 73.0. The van der Waals surface area contributed by atoms with Crippen molar-refractivity contribution in [2.45, 2.75) is 101 Å². The highest BCUT2D eigenvalue weighted by Crippen LogP contribution is 2.64. The number of para-hydroxylation sites is 1. The van der Waals surface area contributed by atoms with Crippen molar-refractivity contribution in [1.29, 1.82) is 0 Å². The minimum atomic E-state index is -0.555. The molecular formula is C66H59BN2. The lowest BCUT2D eigenvalue weighted by Gasteiger charge is -2.52. The van der Waals surface area contributed by atoms with E-state index in [1.807, 2.05) is 0 Å². The molecule has 1 aromatic heterocycles. The van der Waals surface area contributed by atoms with Gasteiger partial charge in [0.05, 0.1) is 16.6 Å². The zero-order valence-electron chi connectivity index (χ0n) is 40.9. The first kappa shape index (κ1) is 41.2. The highest BCUT2D eigenvalue weighted by Gasteiger charge is 2.62. The summed E-state index contributed by atoms with van der Waals surface area (Å²) in [5, 5.41) is 1.37. The van der Waals surface area contributed by atoms with Crippen LogP contribution in [0.25, 0.3) is 27.8 Å². The molecule has 1 saturated carbocycles. The summed E-state index contributed by atoms with van der Waals surface area (Å²) in [5.41, 5.74) is 24.3. The van der Waals surface area contributed by atoms with Gasteiger partial charge >= 0.3 is 0 Å². The van der Waals surface area contributed by atoms with Crippen LogP contribution < -0.4 is 21.3 Å². The molecule has 3 aliphatic heterocycles. The summed E-state index contributed by atoms with van der Waals surface area (Å²) < 4.78 is 2.81. The molecule has 2 aliphatic carbocycles. The van der Waals surface area contributed by atoms with Crippen molar-refractivity contribution in [3.63, 3.8) is 0 Å². The lowest BCUT2D eigenvalue weighted by molar-refractivity contribution is 0.195. The van der Waals surface area contributed by atoms with E-state index in [9.17, 15) is 0 Å².